The molecule has 4 rings (SSSR count). The average molecular weight is 422 g/mol. The Bertz CT molecular complexity index is 1120. The number of aryl methyl sites for hydroxylation is 3. The fourth-order valence-corrected chi connectivity index (χ4v) is 3.99. The van der Waals surface area contributed by atoms with Gasteiger partial charge in [0.25, 0.3) is 5.78 Å². The number of nitrogens with one attached hydrogen (secondary N) is 1. The molecule has 2 aromatic heterocycles. The smallest absolute Gasteiger partial charge is 0.321 e. The standard InChI is InChI=1S/C22H27N7O2/c1-15-5-4-6-18(13-15)26-22(31)28-11-9-27(10-12-28)20(30)8-7-19-16(2)25-21-23-14-24-29(21)17(19)3/h4-6,13-14H,7-12H2,1-3H3,(H,26,31). The van der Waals surface area contributed by atoms with Crippen molar-refractivity contribution < 1.29 is 9.59 Å². The van der Waals surface area contributed by atoms with Crippen LogP contribution in [0.3, 0.4) is 0 Å². The zero-order valence-corrected chi connectivity index (χ0v) is 18.1. The number of urea groups is 1. The molecule has 3 heterocycles. The van der Waals surface area contributed by atoms with Crippen LogP contribution in [-0.2, 0) is 11.2 Å². The summed E-state index contributed by atoms with van der Waals surface area (Å²) in [6.07, 6.45) is 2.49. The van der Waals surface area contributed by atoms with Crippen LogP contribution in [0.2, 0.25) is 0 Å². The lowest BCUT2D eigenvalue weighted by Crippen LogP contribution is -2.51. The third-order valence-electron chi connectivity index (χ3n) is 5.77. The van der Waals surface area contributed by atoms with Gasteiger partial charge in [0.15, 0.2) is 0 Å². The van der Waals surface area contributed by atoms with E-state index in [1.807, 2.05) is 49.9 Å². The predicted molar refractivity (Wildman–Crippen MR) is 117 cm³/mol. The molecule has 1 N–H and O–H groups in total. The summed E-state index contributed by atoms with van der Waals surface area (Å²) < 4.78 is 1.71. The van der Waals surface area contributed by atoms with Crippen LogP contribution in [0.4, 0.5) is 10.5 Å². The van der Waals surface area contributed by atoms with Crippen molar-refractivity contribution in [3.05, 3.63) is 53.1 Å². The first-order valence-electron chi connectivity index (χ1n) is 10.5. The van der Waals surface area contributed by atoms with Crippen LogP contribution in [0.5, 0.6) is 0 Å². The van der Waals surface area contributed by atoms with E-state index in [1.165, 1.54) is 6.33 Å². The number of aromatic nitrogens is 4. The molecular formula is C22H27N7O2. The fourth-order valence-electron chi connectivity index (χ4n) is 3.99. The lowest BCUT2D eigenvalue weighted by molar-refractivity contribution is -0.132. The number of carbonyl (C=O) groups excluding carboxylic acids is 2. The zero-order valence-electron chi connectivity index (χ0n) is 18.1. The summed E-state index contributed by atoms with van der Waals surface area (Å²) in [7, 11) is 0. The van der Waals surface area contributed by atoms with Crippen LogP contribution in [0.15, 0.2) is 30.6 Å². The molecule has 0 saturated carbocycles. The highest BCUT2D eigenvalue weighted by Crippen LogP contribution is 2.16. The second kappa shape index (κ2) is 8.71. The van der Waals surface area contributed by atoms with Crippen molar-refractivity contribution >= 4 is 23.4 Å². The normalized spacial score (nSPS) is 14.2. The van der Waals surface area contributed by atoms with E-state index in [4.69, 9.17) is 0 Å². The first kappa shape index (κ1) is 20.8. The van der Waals surface area contributed by atoms with Crippen molar-refractivity contribution in [1.82, 2.24) is 29.4 Å². The van der Waals surface area contributed by atoms with E-state index in [0.29, 0.717) is 44.8 Å². The number of hydrogen-bond donors (Lipinski definition) is 1. The van der Waals surface area contributed by atoms with Gasteiger partial charge in [-0.1, -0.05) is 12.1 Å². The molecule has 1 aliphatic heterocycles. The summed E-state index contributed by atoms with van der Waals surface area (Å²) in [5, 5.41) is 7.13. The molecule has 31 heavy (non-hydrogen) atoms. The minimum absolute atomic E-state index is 0.0937. The number of anilines is 1. The van der Waals surface area contributed by atoms with Crippen LogP contribution in [0.25, 0.3) is 5.78 Å². The van der Waals surface area contributed by atoms with Gasteiger partial charge in [-0.15, -0.1) is 0 Å². The molecule has 0 bridgehead atoms. The van der Waals surface area contributed by atoms with Gasteiger partial charge in [0.1, 0.15) is 6.33 Å². The summed E-state index contributed by atoms with van der Waals surface area (Å²) in [4.78, 5) is 37.5. The number of carbonyl (C=O) groups is 2. The minimum atomic E-state index is -0.129. The van der Waals surface area contributed by atoms with Gasteiger partial charge in [-0.3, -0.25) is 4.79 Å². The Kier molecular flexibility index (Phi) is 5.83. The van der Waals surface area contributed by atoms with E-state index < -0.39 is 0 Å². The third-order valence-corrected chi connectivity index (χ3v) is 5.77. The highest BCUT2D eigenvalue weighted by Gasteiger charge is 2.24. The topological polar surface area (TPSA) is 95.7 Å². The Morgan fingerprint density at radius 1 is 1.06 bits per heavy atom. The van der Waals surface area contributed by atoms with Crippen LogP contribution < -0.4 is 5.32 Å². The quantitative estimate of drug-likeness (QED) is 0.698. The van der Waals surface area contributed by atoms with E-state index in [1.54, 1.807) is 9.42 Å². The molecule has 1 aromatic carbocycles. The molecule has 162 valence electrons. The minimum Gasteiger partial charge on any atom is -0.339 e. The van der Waals surface area contributed by atoms with E-state index in [-0.39, 0.29) is 11.9 Å². The number of benzene rings is 1. The van der Waals surface area contributed by atoms with Crippen LogP contribution >= 0.6 is 0 Å². The SMILES string of the molecule is Cc1cccc(NC(=O)N2CCN(C(=O)CCc3c(C)nc4ncnn4c3C)CC2)c1. The Morgan fingerprint density at radius 2 is 1.81 bits per heavy atom. The predicted octanol–water partition coefficient (Wildman–Crippen LogP) is 2.36. The maximum atomic E-state index is 12.8. The van der Waals surface area contributed by atoms with E-state index >= 15 is 0 Å². The first-order valence-corrected chi connectivity index (χ1v) is 10.5. The Hall–Kier alpha value is -3.49. The number of nitrogens with zero attached hydrogens (tertiary/aromatic N) is 6. The molecule has 0 atom stereocenters. The Labute approximate surface area is 181 Å². The molecule has 0 aliphatic carbocycles. The molecule has 1 aliphatic rings. The van der Waals surface area contributed by atoms with Crippen LogP contribution in [-0.4, -0.2) is 67.5 Å². The molecule has 9 nitrogen and oxygen atoms in total. The number of hydrogen-bond acceptors (Lipinski definition) is 5. The van der Waals surface area contributed by atoms with Gasteiger partial charge in [0, 0.05) is 49.7 Å². The average Bonchev–Trinajstić information content (AvgIpc) is 3.22. The number of piperazine rings is 1. The maximum Gasteiger partial charge on any atom is 0.321 e. The summed E-state index contributed by atoms with van der Waals surface area (Å²) in [5.74, 6) is 0.668. The summed E-state index contributed by atoms with van der Waals surface area (Å²) in [6.45, 7) is 8.02. The van der Waals surface area contributed by atoms with E-state index in [2.05, 4.69) is 20.4 Å². The van der Waals surface area contributed by atoms with Gasteiger partial charge in [-0.25, -0.2) is 14.3 Å². The van der Waals surface area contributed by atoms with Crippen molar-refractivity contribution in [1.29, 1.82) is 0 Å². The molecule has 1 saturated heterocycles. The highest BCUT2D eigenvalue weighted by molar-refractivity contribution is 5.89. The van der Waals surface area contributed by atoms with Gasteiger partial charge in [-0.05, 0) is 50.5 Å². The number of amides is 3. The van der Waals surface area contributed by atoms with Crippen molar-refractivity contribution in [3.63, 3.8) is 0 Å². The van der Waals surface area contributed by atoms with Crippen molar-refractivity contribution in [2.24, 2.45) is 0 Å². The van der Waals surface area contributed by atoms with Gasteiger partial charge in [-0.2, -0.15) is 10.1 Å². The highest BCUT2D eigenvalue weighted by atomic mass is 16.2. The number of rotatable bonds is 4. The van der Waals surface area contributed by atoms with E-state index in [0.717, 1.165) is 28.2 Å². The summed E-state index contributed by atoms with van der Waals surface area (Å²) in [5.41, 5.74) is 4.75. The molecule has 0 radical (unpaired) electrons. The van der Waals surface area contributed by atoms with Crippen LogP contribution in [0.1, 0.15) is 28.9 Å². The van der Waals surface area contributed by atoms with Gasteiger partial charge in [0.2, 0.25) is 5.91 Å². The monoisotopic (exact) mass is 421 g/mol. The fraction of sp³-hybridized carbons (Fsp3) is 0.409. The number of fused-ring (bicyclic) bond motifs is 1. The third kappa shape index (κ3) is 4.50. The summed E-state index contributed by atoms with van der Waals surface area (Å²) in [6, 6.07) is 7.59. The van der Waals surface area contributed by atoms with Gasteiger partial charge < -0.3 is 15.1 Å². The first-order chi connectivity index (χ1) is 14.9. The lowest BCUT2D eigenvalue weighted by Gasteiger charge is -2.34. The molecular weight excluding hydrogens is 394 g/mol. The molecule has 0 spiro atoms. The van der Waals surface area contributed by atoms with Crippen molar-refractivity contribution in [2.75, 3.05) is 31.5 Å². The summed E-state index contributed by atoms with van der Waals surface area (Å²) >= 11 is 0. The Balaban J connectivity index is 1.30. The Morgan fingerprint density at radius 3 is 2.55 bits per heavy atom. The van der Waals surface area contributed by atoms with Gasteiger partial charge in [0.05, 0.1) is 0 Å². The largest absolute Gasteiger partial charge is 0.339 e. The zero-order chi connectivity index (χ0) is 22.0. The molecule has 1 fully saturated rings. The second-order valence-corrected chi connectivity index (χ2v) is 7.90. The molecule has 0 unspecified atom stereocenters. The maximum absolute atomic E-state index is 12.8. The van der Waals surface area contributed by atoms with E-state index in [9.17, 15) is 9.59 Å². The van der Waals surface area contributed by atoms with Crippen LogP contribution in [0, 0.1) is 20.8 Å². The van der Waals surface area contributed by atoms with Crippen molar-refractivity contribution in [3.8, 4) is 0 Å². The molecule has 3 amide bonds. The molecule has 3 aromatic rings. The van der Waals surface area contributed by atoms with Gasteiger partial charge >= 0.3 is 6.03 Å². The second-order valence-electron chi connectivity index (χ2n) is 7.90. The van der Waals surface area contributed by atoms with Crippen molar-refractivity contribution in [2.45, 2.75) is 33.6 Å². The lowest BCUT2D eigenvalue weighted by atomic mass is 10.1. The molecule has 9 heteroatoms.